The maximum atomic E-state index is 13.9. The first-order chi connectivity index (χ1) is 14.0. The molecule has 2 bridgehead atoms. The van der Waals surface area contributed by atoms with Crippen LogP contribution in [-0.2, 0) is 6.54 Å². The lowest BCUT2D eigenvalue weighted by Crippen LogP contribution is -2.25. The number of halogens is 3. The highest BCUT2D eigenvalue weighted by molar-refractivity contribution is 6.35. The molecule has 1 amide bonds. The van der Waals surface area contributed by atoms with E-state index in [1.165, 1.54) is 6.07 Å². The average Bonchev–Trinajstić information content (AvgIpc) is 3.40. The minimum absolute atomic E-state index is 0.114. The molecule has 2 aliphatic carbocycles. The van der Waals surface area contributed by atoms with Gasteiger partial charge in [-0.2, -0.15) is 5.10 Å². The molecule has 0 radical (unpaired) electrons. The fourth-order valence-electron chi connectivity index (χ4n) is 4.64. The van der Waals surface area contributed by atoms with Gasteiger partial charge in [0, 0.05) is 28.6 Å². The van der Waals surface area contributed by atoms with Gasteiger partial charge in [-0.05, 0) is 49.4 Å². The van der Waals surface area contributed by atoms with Gasteiger partial charge in [0.15, 0.2) is 5.69 Å². The number of amides is 1. The highest BCUT2D eigenvalue weighted by Crippen LogP contribution is 2.54. The quantitative estimate of drug-likeness (QED) is 0.585. The van der Waals surface area contributed by atoms with Crippen molar-refractivity contribution < 1.29 is 9.18 Å². The number of carbonyl (C=O) groups is 1. The van der Waals surface area contributed by atoms with E-state index in [0.717, 1.165) is 30.5 Å². The van der Waals surface area contributed by atoms with Crippen molar-refractivity contribution in [2.75, 3.05) is 0 Å². The third-order valence-electron chi connectivity index (χ3n) is 5.94. The summed E-state index contributed by atoms with van der Waals surface area (Å²) in [6, 6.07) is 11.7. The fourth-order valence-corrected chi connectivity index (χ4v) is 5.12. The summed E-state index contributed by atoms with van der Waals surface area (Å²) in [5, 5.41) is 8.51. The van der Waals surface area contributed by atoms with Crippen molar-refractivity contribution in [3.8, 4) is 5.69 Å². The predicted molar refractivity (Wildman–Crippen MR) is 110 cm³/mol. The Bertz CT molecular complexity index is 1130. The molecule has 2 aliphatic rings. The lowest BCUT2D eigenvalue weighted by atomic mass is 9.95. The Kier molecular flexibility index (Phi) is 4.60. The van der Waals surface area contributed by atoms with Crippen molar-refractivity contribution in [3.63, 3.8) is 0 Å². The molecule has 1 saturated carbocycles. The van der Waals surface area contributed by atoms with E-state index >= 15 is 0 Å². The minimum atomic E-state index is -0.337. The standard InChI is InChI=1S/C22H18Cl2FN3O/c23-15-7-8-18(16(24)10-15)28-21-13-6-5-12(9-13)19(21)20(27-28)22(29)26-11-14-3-1-2-4-17(14)25/h1-4,7-8,10,12-13H,5-6,9,11H2,(H,26,29)/t12-,13-/m0/s1. The van der Waals surface area contributed by atoms with Crippen LogP contribution in [0.4, 0.5) is 4.39 Å². The molecular weight excluding hydrogens is 412 g/mol. The van der Waals surface area contributed by atoms with Crippen LogP contribution in [0.15, 0.2) is 42.5 Å². The van der Waals surface area contributed by atoms with Crippen LogP contribution in [0.25, 0.3) is 5.69 Å². The molecule has 2 atom stereocenters. The largest absolute Gasteiger partial charge is 0.346 e. The molecule has 4 nitrogen and oxygen atoms in total. The molecule has 1 fully saturated rings. The number of carbonyl (C=O) groups excluding carboxylic acids is 1. The van der Waals surface area contributed by atoms with E-state index in [1.54, 1.807) is 35.0 Å². The van der Waals surface area contributed by atoms with E-state index in [9.17, 15) is 9.18 Å². The molecule has 3 aromatic rings. The van der Waals surface area contributed by atoms with E-state index < -0.39 is 0 Å². The van der Waals surface area contributed by atoms with Gasteiger partial charge in [0.1, 0.15) is 5.82 Å². The summed E-state index contributed by atoms with van der Waals surface area (Å²) in [5.74, 6) is 0.0860. The predicted octanol–water partition coefficient (Wildman–Crippen LogP) is 5.61. The smallest absolute Gasteiger partial charge is 0.272 e. The third-order valence-corrected chi connectivity index (χ3v) is 6.47. The number of nitrogens with zero attached hydrogens (tertiary/aromatic N) is 2. The second kappa shape index (κ2) is 7.15. The van der Waals surface area contributed by atoms with Gasteiger partial charge in [-0.15, -0.1) is 0 Å². The summed E-state index contributed by atoms with van der Waals surface area (Å²) in [6.45, 7) is 0.114. The van der Waals surface area contributed by atoms with Crippen LogP contribution in [0.5, 0.6) is 0 Å². The van der Waals surface area contributed by atoms with Gasteiger partial charge in [0.2, 0.25) is 0 Å². The van der Waals surface area contributed by atoms with Crippen molar-refractivity contribution >= 4 is 29.1 Å². The Labute approximate surface area is 177 Å². The molecule has 2 aromatic carbocycles. The second-order valence-electron chi connectivity index (χ2n) is 7.64. The van der Waals surface area contributed by atoms with E-state index in [-0.39, 0.29) is 18.3 Å². The van der Waals surface area contributed by atoms with E-state index in [1.807, 2.05) is 6.07 Å². The molecule has 148 valence electrons. The normalized spacial score (nSPS) is 19.4. The van der Waals surface area contributed by atoms with E-state index in [2.05, 4.69) is 10.4 Å². The summed E-state index contributed by atoms with van der Waals surface area (Å²) in [4.78, 5) is 13.0. The lowest BCUT2D eigenvalue weighted by molar-refractivity contribution is 0.0944. The molecule has 0 saturated heterocycles. The SMILES string of the molecule is O=C(NCc1ccccc1F)c1nn(-c2ccc(Cl)cc2Cl)c2c1[C@H]1CC[C@H]2C1. The second-order valence-corrected chi connectivity index (χ2v) is 8.48. The van der Waals surface area contributed by atoms with Crippen LogP contribution in [0.3, 0.4) is 0 Å². The van der Waals surface area contributed by atoms with Gasteiger partial charge in [-0.3, -0.25) is 4.79 Å². The van der Waals surface area contributed by atoms with Crippen molar-refractivity contribution in [2.45, 2.75) is 37.6 Å². The van der Waals surface area contributed by atoms with Gasteiger partial charge >= 0.3 is 0 Å². The zero-order chi connectivity index (χ0) is 20.1. The molecule has 0 aliphatic heterocycles. The van der Waals surface area contributed by atoms with Crippen molar-refractivity contribution in [2.24, 2.45) is 0 Å². The first-order valence-corrected chi connectivity index (χ1v) is 10.4. The molecular formula is C22H18Cl2FN3O. The molecule has 7 heteroatoms. The van der Waals surface area contributed by atoms with Crippen molar-refractivity contribution in [1.82, 2.24) is 15.1 Å². The Morgan fingerprint density at radius 3 is 2.76 bits per heavy atom. The number of hydrogen-bond donors (Lipinski definition) is 1. The average molecular weight is 430 g/mol. The zero-order valence-electron chi connectivity index (χ0n) is 15.5. The van der Waals surface area contributed by atoms with E-state index in [4.69, 9.17) is 23.2 Å². The van der Waals surface area contributed by atoms with Crippen LogP contribution >= 0.6 is 23.2 Å². The van der Waals surface area contributed by atoms with Crippen LogP contribution in [-0.4, -0.2) is 15.7 Å². The highest BCUT2D eigenvalue weighted by Gasteiger charge is 2.44. The summed E-state index contributed by atoms with van der Waals surface area (Å²) in [7, 11) is 0. The number of rotatable bonds is 4. The van der Waals surface area contributed by atoms with Gasteiger partial charge in [0.05, 0.1) is 16.4 Å². The molecule has 1 N–H and O–H groups in total. The van der Waals surface area contributed by atoms with Crippen molar-refractivity contribution in [1.29, 1.82) is 0 Å². The third kappa shape index (κ3) is 3.13. The summed E-state index contributed by atoms with van der Waals surface area (Å²) >= 11 is 12.5. The number of hydrogen-bond acceptors (Lipinski definition) is 2. The Balaban J connectivity index is 1.52. The number of benzene rings is 2. The molecule has 5 rings (SSSR count). The molecule has 1 heterocycles. The number of aromatic nitrogens is 2. The molecule has 0 spiro atoms. The maximum Gasteiger partial charge on any atom is 0.272 e. The van der Waals surface area contributed by atoms with Crippen molar-refractivity contribution in [3.05, 3.63) is 80.8 Å². The fraction of sp³-hybridized carbons (Fsp3) is 0.273. The number of nitrogens with one attached hydrogen (secondary N) is 1. The van der Waals surface area contributed by atoms with Crippen LogP contribution in [0.1, 0.15) is 58.4 Å². The Morgan fingerprint density at radius 2 is 1.97 bits per heavy atom. The minimum Gasteiger partial charge on any atom is -0.346 e. The number of fused-ring (bicyclic) bond motifs is 5. The Morgan fingerprint density at radius 1 is 1.17 bits per heavy atom. The van der Waals surface area contributed by atoms with Crippen LogP contribution in [0.2, 0.25) is 10.0 Å². The zero-order valence-corrected chi connectivity index (χ0v) is 17.0. The lowest BCUT2D eigenvalue weighted by Gasteiger charge is -2.15. The molecule has 29 heavy (non-hydrogen) atoms. The Hall–Kier alpha value is -2.37. The van der Waals surface area contributed by atoms with Crippen LogP contribution < -0.4 is 5.32 Å². The van der Waals surface area contributed by atoms with Gasteiger partial charge < -0.3 is 5.32 Å². The van der Waals surface area contributed by atoms with Gasteiger partial charge in [-0.25, -0.2) is 9.07 Å². The van der Waals surface area contributed by atoms with Crippen LogP contribution in [0, 0.1) is 5.82 Å². The topological polar surface area (TPSA) is 46.9 Å². The molecule has 1 aromatic heterocycles. The molecule has 0 unspecified atom stereocenters. The maximum absolute atomic E-state index is 13.9. The first-order valence-electron chi connectivity index (χ1n) is 9.62. The van der Waals surface area contributed by atoms with Gasteiger partial charge in [-0.1, -0.05) is 41.4 Å². The summed E-state index contributed by atoms with van der Waals surface area (Å²) in [5.41, 5.74) is 3.65. The summed E-state index contributed by atoms with van der Waals surface area (Å²) in [6.07, 6.45) is 3.18. The summed E-state index contributed by atoms with van der Waals surface area (Å²) < 4.78 is 15.7. The first kappa shape index (κ1) is 18.6. The van der Waals surface area contributed by atoms with Gasteiger partial charge in [0.25, 0.3) is 5.91 Å². The van der Waals surface area contributed by atoms with E-state index in [0.29, 0.717) is 38.8 Å². The highest BCUT2D eigenvalue weighted by atomic mass is 35.5. The monoisotopic (exact) mass is 429 g/mol.